The van der Waals surface area contributed by atoms with Crippen LogP contribution in [0, 0.1) is 6.92 Å². The van der Waals surface area contributed by atoms with E-state index >= 15 is 0 Å². The second-order valence-electron chi connectivity index (χ2n) is 5.50. The Bertz CT molecular complexity index is 587. The molecule has 0 amide bonds. The van der Waals surface area contributed by atoms with Crippen molar-refractivity contribution in [3.8, 4) is 11.5 Å². The van der Waals surface area contributed by atoms with Crippen LogP contribution in [0.5, 0.6) is 0 Å². The zero-order valence-electron chi connectivity index (χ0n) is 11.6. The van der Waals surface area contributed by atoms with Crippen LogP contribution < -0.4 is 5.73 Å². The van der Waals surface area contributed by atoms with E-state index in [4.69, 9.17) is 5.73 Å². The van der Waals surface area contributed by atoms with Gasteiger partial charge in [-0.15, -0.1) is 0 Å². The molecular formula is C14H19N5. The van der Waals surface area contributed by atoms with Gasteiger partial charge in [0.05, 0.1) is 12.5 Å². The lowest BCUT2D eigenvalue weighted by molar-refractivity contribution is 0.741. The molecule has 1 saturated carbocycles. The molecule has 5 nitrogen and oxygen atoms in total. The molecule has 0 saturated heterocycles. The van der Waals surface area contributed by atoms with Crippen molar-refractivity contribution >= 4 is 5.82 Å². The molecular weight excluding hydrogens is 238 g/mol. The Hall–Kier alpha value is -1.91. The van der Waals surface area contributed by atoms with E-state index in [1.165, 1.54) is 12.8 Å². The van der Waals surface area contributed by atoms with Crippen LogP contribution in [0.4, 0.5) is 5.82 Å². The number of nitrogens with zero attached hydrogens (tertiary/aromatic N) is 4. The predicted octanol–water partition coefficient (Wildman–Crippen LogP) is 2.69. The highest BCUT2D eigenvalue weighted by Crippen LogP contribution is 2.38. The summed E-state index contributed by atoms with van der Waals surface area (Å²) in [6.07, 6.45) is 6.10. The van der Waals surface area contributed by atoms with Crippen LogP contribution >= 0.6 is 0 Å². The van der Waals surface area contributed by atoms with Gasteiger partial charge in [0, 0.05) is 17.3 Å². The third-order valence-electron chi connectivity index (χ3n) is 3.58. The summed E-state index contributed by atoms with van der Waals surface area (Å²) < 4.78 is 2.16. The maximum Gasteiger partial charge on any atom is 0.180 e. The molecule has 2 aromatic rings. The standard InChI is InChI=1S/C14H19N5/c1-8(2)12-9(3)17-14(18-13(12)15)11-6-16-7-19(11)10-4-5-10/h6-8,10H,4-5H2,1-3H3,(H2,15,17,18). The van der Waals surface area contributed by atoms with Gasteiger partial charge in [0.25, 0.3) is 0 Å². The second kappa shape index (κ2) is 4.33. The van der Waals surface area contributed by atoms with Gasteiger partial charge >= 0.3 is 0 Å². The fourth-order valence-electron chi connectivity index (χ4n) is 2.55. The molecule has 1 aliphatic rings. The van der Waals surface area contributed by atoms with Gasteiger partial charge in [-0.2, -0.15) is 0 Å². The van der Waals surface area contributed by atoms with Gasteiger partial charge in [0.1, 0.15) is 11.5 Å². The predicted molar refractivity (Wildman–Crippen MR) is 74.8 cm³/mol. The van der Waals surface area contributed by atoms with Crippen LogP contribution in [-0.4, -0.2) is 19.5 Å². The van der Waals surface area contributed by atoms with Crippen LogP contribution in [0.2, 0.25) is 0 Å². The maximum absolute atomic E-state index is 6.09. The summed E-state index contributed by atoms with van der Waals surface area (Å²) >= 11 is 0. The summed E-state index contributed by atoms with van der Waals surface area (Å²) in [5.74, 6) is 1.60. The van der Waals surface area contributed by atoms with Gasteiger partial charge in [-0.3, -0.25) is 0 Å². The number of nitrogen functional groups attached to an aromatic ring is 1. The van der Waals surface area contributed by atoms with Crippen molar-refractivity contribution < 1.29 is 0 Å². The number of nitrogens with two attached hydrogens (primary N) is 1. The minimum Gasteiger partial charge on any atom is -0.383 e. The van der Waals surface area contributed by atoms with Crippen molar-refractivity contribution in [2.75, 3.05) is 5.73 Å². The number of hydrogen-bond donors (Lipinski definition) is 1. The summed E-state index contributed by atoms with van der Waals surface area (Å²) in [7, 11) is 0. The molecule has 3 rings (SSSR count). The van der Waals surface area contributed by atoms with Crippen molar-refractivity contribution in [1.82, 2.24) is 19.5 Å². The van der Waals surface area contributed by atoms with Gasteiger partial charge in [-0.25, -0.2) is 15.0 Å². The first-order valence-electron chi connectivity index (χ1n) is 6.74. The molecule has 100 valence electrons. The molecule has 0 spiro atoms. The lowest BCUT2D eigenvalue weighted by Crippen LogP contribution is -2.08. The van der Waals surface area contributed by atoms with E-state index in [0.717, 1.165) is 17.0 Å². The van der Waals surface area contributed by atoms with Crippen molar-refractivity contribution in [1.29, 1.82) is 0 Å². The van der Waals surface area contributed by atoms with Crippen molar-refractivity contribution in [2.45, 2.75) is 45.6 Å². The number of rotatable bonds is 3. The zero-order chi connectivity index (χ0) is 13.6. The van der Waals surface area contributed by atoms with Crippen LogP contribution in [0.1, 0.15) is 49.9 Å². The summed E-state index contributed by atoms with van der Waals surface area (Å²) in [4.78, 5) is 13.3. The fraction of sp³-hybridized carbons (Fsp3) is 0.500. The van der Waals surface area contributed by atoms with E-state index in [1.807, 2.05) is 19.4 Å². The Balaban J connectivity index is 2.08. The number of aryl methyl sites for hydroxylation is 1. The number of anilines is 1. The Kier molecular flexibility index (Phi) is 2.77. The monoisotopic (exact) mass is 257 g/mol. The third kappa shape index (κ3) is 2.09. The summed E-state index contributed by atoms with van der Waals surface area (Å²) in [5, 5.41) is 0. The lowest BCUT2D eigenvalue weighted by Gasteiger charge is -2.13. The largest absolute Gasteiger partial charge is 0.383 e. The van der Waals surface area contributed by atoms with Crippen molar-refractivity contribution in [3.63, 3.8) is 0 Å². The molecule has 2 heterocycles. The smallest absolute Gasteiger partial charge is 0.180 e. The van der Waals surface area contributed by atoms with E-state index in [2.05, 4.69) is 33.4 Å². The molecule has 2 aromatic heterocycles. The van der Waals surface area contributed by atoms with Gasteiger partial charge in [-0.1, -0.05) is 13.8 Å². The molecule has 2 N–H and O–H groups in total. The van der Waals surface area contributed by atoms with E-state index in [-0.39, 0.29) is 0 Å². The van der Waals surface area contributed by atoms with E-state index in [1.54, 1.807) is 0 Å². The maximum atomic E-state index is 6.09. The van der Waals surface area contributed by atoms with Crippen LogP contribution in [0.15, 0.2) is 12.5 Å². The average Bonchev–Trinajstić information content (AvgIpc) is 3.05. The lowest BCUT2D eigenvalue weighted by atomic mass is 10.0. The topological polar surface area (TPSA) is 69.6 Å². The van der Waals surface area contributed by atoms with Crippen molar-refractivity contribution in [2.24, 2.45) is 0 Å². The molecule has 0 radical (unpaired) electrons. The average molecular weight is 257 g/mol. The molecule has 19 heavy (non-hydrogen) atoms. The van der Waals surface area contributed by atoms with E-state index < -0.39 is 0 Å². The van der Waals surface area contributed by atoms with Gasteiger partial charge in [-0.05, 0) is 25.7 Å². The summed E-state index contributed by atoms with van der Waals surface area (Å²) in [6.45, 7) is 6.21. The number of imidazole rings is 1. The van der Waals surface area contributed by atoms with Crippen molar-refractivity contribution in [3.05, 3.63) is 23.8 Å². The molecule has 1 fully saturated rings. The van der Waals surface area contributed by atoms with Gasteiger partial charge in [0.2, 0.25) is 0 Å². The molecule has 1 aliphatic carbocycles. The highest BCUT2D eigenvalue weighted by atomic mass is 15.1. The first kappa shape index (κ1) is 12.1. The molecule has 0 aliphatic heterocycles. The minimum atomic E-state index is 0.336. The van der Waals surface area contributed by atoms with E-state index in [9.17, 15) is 0 Å². The normalized spacial score (nSPS) is 15.2. The van der Waals surface area contributed by atoms with Crippen LogP contribution in [0.3, 0.4) is 0 Å². The summed E-state index contributed by atoms with van der Waals surface area (Å²) in [5.41, 5.74) is 9.06. The molecule has 5 heteroatoms. The molecule has 0 atom stereocenters. The number of aromatic nitrogens is 4. The molecule has 0 aromatic carbocycles. The Morgan fingerprint density at radius 2 is 2.05 bits per heavy atom. The Morgan fingerprint density at radius 1 is 1.32 bits per heavy atom. The van der Waals surface area contributed by atoms with Gasteiger partial charge in [0.15, 0.2) is 5.82 Å². The zero-order valence-corrected chi connectivity index (χ0v) is 11.6. The molecule has 0 unspecified atom stereocenters. The quantitative estimate of drug-likeness (QED) is 0.917. The highest BCUT2D eigenvalue weighted by molar-refractivity contribution is 5.55. The summed E-state index contributed by atoms with van der Waals surface area (Å²) in [6, 6.07) is 0.562. The van der Waals surface area contributed by atoms with E-state index in [0.29, 0.717) is 23.6 Å². The van der Waals surface area contributed by atoms with Crippen LogP contribution in [-0.2, 0) is 0 Å². The highest BCUT2D eigenvalue weighted by Gasteiger charge is 2.27. The second-order valence-corrected chi connectivity index (χ2v) is 5.50. The number of hydrogen-bond acceptors (Lipinski definition) is 4. The Labute approximate surface area is 112 Å². The van der Waals surface area contributed by atoms with Gasteiger partial charge < -0.3 is 10.3 Å². The SMILES string of the molecule is Cc1nc(-c2cncn2C2CC2)nc(N)c1C(C)C. The van der Waals surface area contributed by atoms with Crippen LogP contribution in [0.25, 0.3) is 11.5 Å². The molecule has 0 bridgehead atoms. The fourth-order valence-corrected chi connectivity index (χ4v) is 2.55. The first-order valence-corrected chi connectivity index (χ1v) is 6.74. The third-order valence-corrected chi connectivity index (χ3v) is 3.58. The first-order chi connectivity index (χ1) is 9.08. The minimum absolute atomic E-state index is 0.336. The Morgan fingerprint density at radius 3 is 2.63 bits per heavy atom.